The van der Waals surface area contributed by atoms with Crippen molar-refractivity contribution < 1.29 is 9.47 Å². The van der Waals surface area contributed by atoms with Crippen LogP contribution < -0.4 is 9.64 Å². The molecule has 4 nitrogen and oxygen atoms in total. The van der Waals surface area contributed by atoms with E-state index >= 15 is 0 Å². The van der Waals surface area contributed by atoms with Crippen LogP contribution in [0, 0.1) is 11.3 Å². The van der Waals surface area contributed by atoms with E-state index in [1.165, 1.54) is 5.39 Å². The van der Waals surface area contributed by atoms with Crippen molar-refractivity contribution in [1.29, 1.82) is 5.26 Å². The van der Waals surface area contributed by atoms with E-state index in [2.05, 4.69) is 47.4 Å². The second-order valence-corrected chi connectivity index (χ2v) is 8.96. The second-order valence-electron chi connectivity index (χ2n) is 8.96. The molecule has 0 aromatic heterocycles. The number of benzene rings is 3. The number of nitriles is 1. The molecule has 31 heavy (non-hydrogen) atoms. The molecule has 3 aromatic carbocycles. The Kier molecular flexibility index (Phi) is 6.87. The van der Waals surface area contributed by atoms with Gasteiger partial charge in [-0.05, 0) is 68.3 Å². The number of ether oxygens (including phenoxy) is 2. The van der Waals surface area contributed by atoms with Crippen LogP contribution in [-0.4, -0.2) is 32.4 Å². The molecule has 0 bridgehead atoms. The highest BCUT2D eigenvalue weighted by Gasteiger charge is 2.23. The summed E-state index contributed by atoms with van der Waals surface area (Å²) < 4.78 is 12.0. The van der Waals surface area contributed by atoms with Crippen LogP contribution >= 0.6 is 0 Å². The molecule has 0 unspecified atom stereocenters. The first kappa shape index (κ1) is 22.7. The number of rotatable bonds is 8. The summed E-state index contributed by atoms with van der Waals surface area (Å²) in [5, 5.41) is 12.3. The third kappa shape index (κ3) is 5.57. The van der Waals surface area contributed by atoms with E-state index in [1.54, 1.807) is 0 Å². The van der Waals surface area contributed by atoms with Crippen LogP contribution in [0.3, 0.4) is 0 Å². The van der Waals surface area contributed by atoms with Gasteiger partial charge < -0.3 is 14.4 Å². The van der Waals surface area contributed by atoms with Crippen molar-refractivity contribution in [3.63, 3.8) is 0 Å². The van der Waals surface area contributed by atoms with E-state index in [0.717, 1.165) is 28.6 Å². The molecule has 0 N–H and O–H groups in total. The Hall–Kier alpha value is -3.03. The fourth-order valence-corrected chi connectivity index (χ4v) is 3.54. The van der Waals surface area contributed by atoms with E-state index in [-0.39, 0.29) is 6.10 Å². The first-order valence-corrected chi connectivity index (χ1v) is 10.8. The summed E-state index contributed by atoms with van der Waals surface area (Å²) >= 11 is 0. The molecule has 0 amide bonds. The lowest BCUT2D eigenvalue weighted by molar-refractivity contribution is 0.0230. The topological polar surface area (TPSA) is 45.5 Å². The predicted octanol–water partition coefficient (Wildman–Crippen LogP) is 6.42. The van der Waals surface area contributed by atoms with Gasteiger partial charge in [-0.1, -0.05) is 30.3 Å². The van der Waals surface area contributed by atoms with Crippen LogP contribution in [0.4, 0.5) is 5.69 Å². The molecule has 0 radical (unpaired) electrons. The van der Waals surface area contributed by atoms with Crippen molar-refractivity contribution in [3.8, 4) is 22.9 Å². The Labute approximate surface area is 186 Å². The van der Waals surface area contributed by atoms with Gasteiger partial charge in [-0.3, -0.25) is 0 Å². The molecular formula is C27H32N2O2. The highest BCUT2D eigenvalue weighted by Crippen LogP contribution is 2.34. The quantitative estimate of drug-likeness (QED) is 0.425. The lowest BCUT2D eigenvalue weighted by Crippen LogP contribution is -2.30. The molecular weight excluding hydrogens is 384 g/mol. The van der Waals surface area contributed by atoms with E-state index in [9.17, 15) is 5.26 Å². The maximum atomic E-state index is 9.96. The number of hydrogen-bond donors (Lipinski definition) is 0. The van der Waals surface area contributed by atoms with E-state index < -0.39 is 5.60 Å². The van der Waals surface area contributed by atoms with Gasteiger partial charge in [-0.25, -0.2) is 0 Å². The first-order chi connectivity index (χ1) is 14.7. The standard InChI is InChI=1S/C27H32N2O2/c1-19(2)30-15-14-27(3,4)31-26-9-7-8-24(25(26)18-28)22-11-10-21-17-23(29(5)6)13-12-20(21)16-22/h7-13,16-17,19H,14-15H2,1-6H3. The van der Waals surface area contributed by atoms with Crippen molar-refractivity contribution in [2.45, 2.75) is 45.8 Å². The molecule has 0 atom stereocenters. The number of anilines is 1. The summed E-state index contributed by atoms with van der Waals surface area (Å²) in [4.78, 5) is 2.09. The number of nitrogens with zero attached hydrogens (tertiary/aromatic N) is 2. The SMILES string of the molecule is CC(C)OCCC(C)(C)Oc1cccc(-c2ccc3cc(N(C)C)ccc3c2)c1C#N. The largest absolute Gasteiger partial charge is 0.486 e. The predicted molar refractivity (Wildman–Crippen MR) is 129 cm³/mol. The Morgan fingerprint density at radius 3 is 2.39 bits per heavy atom. The third-order valence-electron chi connectivity index (χ3n) is 5.33. The van der Waals surface area contributed by atoms with E-state index in [0.29, 0.717) is 17.9 Å². The minimum Gasteiger partial charge on any atom is -0.486 e. The molecule has 0 aliphatic heterocycles. The highest BCUT2D eigenvalue weighted by atomic mass is 16.5. The van der Waals surface area contributed by atoms with Gasteiger partial charge in [0.25, 0.3) is 0 Å². The van der Waals surface area contributed by atoms with Gasteiger partial charge in [0.15, 0.2) is 0 Å². The lowest BCUT2D eigenvalue weighted by Gasteiger charge is -2.28. The van der Waals surface area contributed by atoms with Gasteiger partial charge in [0.1, 0.15) is 23.0 Å². The average Bonchev–Trinajstić information content (AvgIpc) is 2.72. The molecule has 0 saturated heterocycles. The Morgan fingerprint density at radius 1 is 1.00 bits per heavy atom. The Morgan fingerprint density at radius 2 is 1.71 bits per heavy atom. The molecule has 0 heterocycles. The van der Waals surface area contributed by atoms with Gasteiger partial charge in [0, 0.05) is 31.8 Å². The number of hydrogen-bond acceptors (Lipinski definition) is 4. The molecule has 162 valence electrons. The highest BCUT2D eigenvalue weighted by molar-refractivity contribution is 5.90. The van der Waals surface area contributed by atoms with Crippen molar-refractivity contribution in [3.05, 3.63) is 60.2 Å². The zero-order valence-electron chi connectivity index (χ0n) is 19.4. The average molecular weight is 417 g/mol. The lowest BCUT2D eigenvalue weighted by atomic mass is 9.96. The van der Waals surface area contributed by atoms with Gasteiger partial charge in [0.05, 0.1) is 12.7 Å². The first-order valence-electron chi connectivity index (χ1n) is 10.8. The van der Waals surface area contributed by atoms with Crippen LogP contribution in [0.1, 0.15) is 39.7 Å². The van der Waals surface area contributed by atoms with Crippen molar-refractivity contribution in [2.24, 2.45) is 0 Å². The van der Waals surface area contributed by atoms with E-state index in [1.807, 2.05) is 60.0 Å². The van der Waals surface area contributed by atoms with Crippen LogP contribution in [-0.2, 0) is 4.74 Å². The third-order valence-corrected chi connectivity index (χ3v) is 5.33. The molecule has 3 rings (SSSR count). The number of fused-ring (bicyclic) bond motifs is 1. The monoisotopic (exact) mass is 416 g/mol. The van der Waals surface area contributed by atoms with Crippen LogP contribution in [0.2, 0.25) is 0 Å². The second kappa shape index (κ2) is 9.41. The molecule has 0 fully saturated rings. The summed E-state index contributed by atoms with van der Waals surface area (Å²) in [5.74, 6) is 0.609. The van der Waals surface area contributed by atoms with Crippen molar-refractivity contribution in [2.75, 3.05) is 25.6 Å². The smallest absolute Gasteiger partial charge is 0.138 e. The Bertz CT molecular complexity index is 1090. The maximum absolute atomic E-state index is 9.96. The molecule has 0 aliphatic rings. The van der Waals surface area contributed by atoms with Crippen LogP contribution in [0.5, 0.6) is 5.75 Å². The van der Waals surface area contributed by atoms with Gasteiger partial charge in [-0.2, -0.15) is 5.26 Å². The summed E-state index contributed by atoms with van der Waals surface area (Å²) in [5.41, 5.74) is 3.17. The zero-order chi connectivity index (χ0) is 22.6. The summed E-state index contributed by atoms with van der Waals surface area (Å²) in [6, 6.07) is 20.9. The van der Waals surface area contributed by atoms with Crippen LogP contribution in [0.25, 0.3) is 21.9 Å². The minimum atomic E-state index is -0.439. The van der Waals surface area contributed by atoms with Crippen molar-refractivity contribution >= 4 is 16.5 Å². The van der Waals surface area contributed by atoms with Gasteiger partial charge >= 0.3 is 0 Å². The van der Waals surface area contributed by atoms with Crippen LogP contribution in [0.15, 0.2) is 54.6 Å². The molecule has 4 heteroatoms. The Balaban J connectivity index is 1.92. The fraction of sp³-hybridized carbons (Fsp3) is 0.370. The maximum Gasteiger partial charge on any atom is 0.138 e. The minimum absolute atomic E-state index is 0.190. The molecule has 0 aliphatic carbocycles. The summed E-state index contributed by atoms with van der Waals surface area (Å²) in [6.45, 7) is 8.73. The summed E-state index contributed by atoms with van der Waals surface area (Å²) in [7, 11) is 4.08. The molecule has 3 aromatic rings. The molecule has 0 saturated carbocycles. The van der Waals surface area contributed by atoms with E-state index in [4.69, 9.17) is 9.47 Å². The fourth-order valence-electron chi connectivity index (χ4n) is 3.54. The van der Waals surface area contributed by atoms with Gasteiger partial charge in [0.2, 0.25) is 0 Å². The zero-order valence-corrected chi connectivity index (χ0v) is 19.4. The van der Waals surface area contributed by atoms with Crippen molar-refractivity contribution in [1.82, 2.24) is 0 Å². The van der Waals surface area contributed by atoms with Gasteiger partial charge in [-0.15, -0.1) is 0 Å². The normalized spacial score (nSPS) is 11.5. The molecule has 0 spiro atoms. The summed E-state index contributed by atoms with van der Waals surface area (Å²) in [6.07, 6.45) is 0.931.